The van der Waals surface area contributed by atoms with Gasteiger partial charge in [0.2, 0.25) is 0 Å². The van der Waals surface area contributed by atoms with Gasteiger partial charge in [-0.25, -0.2) is 0 Å². The van der Waals surface area contributed by atoms with Crippen LogP contribution in [0.25, 0.3) is 0 Å². The van der Waals surface area contributed by atoms with Gasteiger partial charge in [0.1, 0.15) is 0 Å². The number of aromatic nitrogens is 2. The summed E-state index contributed by atoms with van der Waals surface area (Å²) < 4.78 is 7.30. The minimum absolute atomic E-state index is 0.265. The van der Waals surface area contributed by atoms with E-state index in [9.17, 15) is 9.90 Å². The molecule has 1 aromatic rings. The number of aliphatic hydroxyl groups excluding tert-OH is 2. The Kier molecular flexibility index (Phi) is 3.65. The predicted octanol–water partition coefficient (Wildman–Crippen LogP) is -2.01. The summed E-state index contributed by atoms with van der Waals surface area (Å²) in [5.74, 6) is 0. The molecule has 93 valence electrons. The average Bonchev–Trinajstić information content (AvgIpc) is 2.65. The van der Waals surface area contributed by atoms with Gasteiger partial charge in [0, 0.05) is 0 Å². The molecule has 0 bridgehead atoms. The van der Waals surface area contributed by atoms with E-state index in [4.69, 9.17) is 9.84 Å². The summed E-state index contributed by atoms with van der Waals surface area (Å²) in [4.78, 5) is 15.5. The van der Waals surface area contributed by atoms with Crippen molar-refractivity contribution in [2.75, 3.05) is 6.61 Å². The maximum absolute atomic E-state index is 11.7. The van der Waals surface area contributed by atoms with Crippen molar-refractivity contribution in [3.8, 4) is 0 Å². The van der Waals surface area contributed by atoms with E-state index in [0.29, 0.717) is 4.59 Å². The van der Waals surface area contributed by atoms with Crippen LogP contribution in [0.1, 0.15) is 18.2 Å². The normalized spacial score (nSPS) is 28.5. The zero-order chi connectivity index (χ0) is 12.6. The Labute approximate surface area is 106 Å². The Morgan fingerprint density at radius 1 is 1.71 bits per heavy atom. The number of hydrogen-bond donors (Lipinski definition) is 2. The molecule has 1 aliphatic rings. The van der Waals surface area contributed by atoms with Crippen molar-refractivity contribution < 1.29 is 14.9 Å². The quantitative estimate of drug-likeness (QED) is 0.617. The summed E-state index contributed by atoms with van der Waals surface area (Å²) in [6.45, 7) is 1.56. The molecule has 1 radical (unpaired) electrons. The van der Waals surface area contributed by atoms with Crippen LogP contribution in [0, 0.1) is 6.92 Å². The molecular formula is C10H13N2O4Se. The van der Waals surface area contributed by atoms with Crippen molar-refractivity contribution in [2.45, 2.75) is 31.8 Å². The van der Waals surface area contributed by atoms with Crippen molar-refractivity contribution in [1.82, 2.24) is 9.55 Å². The van der Waals surface area contributed by atoms with Crippen molar-refractivity contribution in [1.29, 1.82) is 0 Å². The molecule has 0 spiro atoms. The van der Waals surface area contributed by atoms with Crippen molar-refractivity contribution in [3.05, 3.63) is 22.2 Å². The summed E-state index contributed by atoms with van der Waals surface area (Å²) in [5, 5.41) is 18.6. The van der Waals surface area contributed by atoms with E-state index in [0.717, 1.165) is 5.56 Å². The molecule has 0 saturated carbocycles. The van der Waals surface area contributed by atoms with E-state index in [-0.39, 0.29) is 13.0 Å². The molecule has 0 amide bonds. The predicted molar refractivity (Wildman–Crippen MR) is 60.2 cm³/mol. The zero-order valence-corrected chi connectivity index (χ0v) is 11.0. The molecule has 1 aliphatic heterocycles. The number of nitrogens with zero attached hydrogens (tertiary/aromatic N) is 2. The molecule has 0 unspecified atom stereocenters. The number of rotatable bonds is 2. The first kappa shape index (κ1) is 12.7. The summed E-state index contributed by atoms with van der Waals surface area (Å²) in [6, 6.07) is 0. The van der Waals surface area contributed by atoms with Crippen molar-refractivity contribution in [3.63, 3.8) is 0 Å². The summed E-state index contributed by atoms with van der Waals surface area (Å²) >= 11 is 2.70. The maximum atomic E-state index is 11.7. The third-order valence-electron chi connectivity index (χ3n) is 2.78. The van der Waals surface area contributed by atoms with Crippen molar-refractivity contribution >= 4 is 20.6 Å². The fraction of sp³-hybridized carbons (Fsp3) is 0.600. The first-order chi connectivity index (χ1) is 8.02. The first-order valence-electron chi connectivity index (χ1n) is 5.24. The number of hydrogen-bond acceptors (Lipinski definition) is 5. The van der Waals surface area contributed by atoms with E-state index < -0.39 is 24.1 Å². The zero-order valence-electron chi connectivity index (χ0n) is 9.24. The van der Waals surface area contributed by atoms with E-state index >= 15 is 0 Å². The van der Waals surface area contributed by atoms with Gasteiger partial charge in [0.15, 0.2) is 0 Å². The van der Waals surface area contributed by atoms with Gasteiger partial charge in [-0.1, -0.05) is 0 Å². The van der Waals surface area contributed by atoms with Crippen LogP contribution in [0.4, 0.5) is 0 Å². The van der Waals surface area contributed by atoms with Crippen molar-refractivity contribution in [2.24, 2.45) is 0 Å². The van der Waals surface area contributed by atoms with Crippen LogP contribution < -0.4 is 10.3 Å². The molecule has 17 heavy (non-hydrogen) atoms. The van der Waals surface area contributed by atoms with Gasteiger partial charge >= 0.3 is 106 Å². The van der Waals surface area contributed by atoms with Gasteiger partial charge < -0.3 is 0 Å². The molecule has 1 aromatic heterocycles. The SMILES string of the molecule is Cc1cn([C@H]2C[C@H](O)[C@@H](CO)O2)c(=O)nc1[Se]. The third kappa shape index (κ3) is 2.43. The molecule has 1 fully saturated rings. The Hall–Kier alpha value is -0.721. The van der Waals surface area contributed by atoms with Crippen LogP contribution in [-0.2, 0) is 4.74 Å². The van der Waals surface area contributed by atoms with Gasteiger partial charge in [0.25, 0.3) is 0 Å². The molecule has 2 N–H and O–H groups in total. The molecule has 2 heterocycles. The molecule has 3 atom stereocenters. The molecule has 6 nitrogen and oxygen atoms in total. The summed E-state index contributed by atoms with van der Waals surface area (Å²) in [7, 11) is 0. The van der Waals surface area contributed by atoms with Crippen LogP contribution in [0.2, 0.25) is 0 Å². The Morgan fingerprint density at radius 3 is 3.00 bits per heavy atom. The van der Waals surface area contributed by atoms with Crippen LogP contribution in [0.15, 0.2) is 11.0 Å². The van der Waals surface area contributed by atoms with Crippen LogP contribution in [0.3, 0.4) is 0 Å². The van der Waals surface area contributed by atoms with E-state index in [1.807, 2.05) is 6.92 Å². The number of aryl methyl sites for hydroxylation is 1. The second-order valence-electron chi connectivity index (χ2n) is 4.03. The molecule has 0 aliphatic carbocycles. The molecule has 7 heteroatoms. The van der Waals surface area contributed by atoms with Crippen LogP contribution in [-0.4, -0.2) is 54.6 Å². The Morgan fingerprint density at radius 2 is 2.41 bits per heavy atom. The van der Waals surface area contributed by atoms with Gasteiger partial charge in [0.05, 0.1) is 0 Å². The van der Waals surface area contributed by atoms with E-state index in [2.05, 4.69) is 21.0 Å². The number of aliphatic hydroxyl groups is 2. The van der Waals surface area contributed by atoms with Crippen LogP contribution >= 0.6 is 0 Å². The topological polar surface area (TPSA) is 84.6 Å². The Balaban J connectivity index is 2.30. The number of ether oxygens (including phenoxy) is 1. The third-order valence-corrected chi connectivity index (χ3v) is 3.65. The van der Waals surface area contributed by atoms with Gasteiger partial charge in [-0.15, -0.1) is 0 Å². The monoisotopic (exact) mass is 305 g/mol. The van der Waals surface area contributed by atoms with Crippen LogP contribution in [0.5, 0.6) is 0 Å². The first-order valence-corrected chi connectivity index (χ1v) is 6.09. The van der Waals surface area contributed by atoms with E-state index in [1.54, 1.807) is 6.20 Å². The fourth-order valence-electron chi connectivity index (χ4n) is 1.81. The molecule has 1 saturated heterocycles. The summed E-state index contributed by atoms with van der Waals surface area (Å²) in [5.41, 5.74) is 0.398. The van der Waals surface area contributed by atoms with E-state index in [1.165, 1.54) is 4.57 Å². The minimum atomic E-state index is -0.759. The second-order valence-corrected chi connectivity index (χ2v) is 4.85. The van der Waals surface area contributed by atoms with Gasteiger partial charge in [-0.3, -0.25) is 0 Å². The standard InChI is InChI=1S/C10H13N2O4Se/c1-5-3-12(10(15)11-9(5)17)8-2-6(14)7(4-13)16-8/h3,6-8,13-14H,2,4H2,1H3/t6-,7+,8+/m0/s1. The molecule has 0 aromatic carbocycles. The summed E-state index contributed by atoms with van der Waals surface area (Å²) in [6.07, 6.45) is -0.0521. The average molecular weight is 304 g/mol. The molecular weight excluding hydrogens is 291 g/mol. The van der Waals surface area contributed by atoms with Gasteiger partial charge in [-0.2, -0.15) is 0 Å². The van der Waals surface area contributed by atoms with Gasteiger partial charge in [-0.05, 0) is 0 Å². The Bertz CT molecular complexity index is 476. The fourth-order valence-corrected chi connectivity index (χ4v) is 2.08. The molecule has 2 rings (SSSR count). The second kappa shape index (κ2) is 4.88.